The van der Waals surface area contributed by atoms with Crippen LogP contribution in [0.3, 0.4) is 0 Å². The third kappa shape index (κ3) is 12.2. The minimum Gasteiger partial charge on any atom is -0.633 e. The number of rotatable bonds is 7. The Labute approximate surface area is 147 Å². The van der Waals surface area contributed by atoms with E-state index in [1.54, 1.807) is 0 Å². The Morgan fingerprint density at radius 3 is 1.54 bits per heavy atom. The zero-order chi connectivity index (χ0) is 17.3. The lowest BCUT2D eigenvalue weighted by Gasteiger charge is -2.42. The molecule has 1 heterocycles. The fraction of sp³-hybridized carbons (Fsp3) is 1.00. The van der Waals surface area contributed by atoms with E-state index in [0.29, 0.717) is 72.5 Å². The molecular formula is C18H37NO5. The predicted octanol–water partition coefficient (Wildman–Crippen LogP) is 2.74. The molecule has 0 bridgehead atoms. The van der Waals surface area contributed by atoms with Crippen molar-refractivity contribution in [2.45, 2.75) is 45.4 Å². The van der Waals surface area contributed by atoms with Gasteiger partial charge in [0.15, 0.2) is 0 Å². The van der Waals surface area contributed by atoms with Crippen LogP contribution in [0.2, 0.25) is 0 Å². The van der Waals surface area contributed by atoms with Crippen molar-refractivity contribution in [3.63, 3.8) is 0 Å². The first-order valence-electron chi connectivity index (χ1n) is 9.65. The predicted molar refractivity (Wildman–Crippen MR) is 94.9 cm³/mol. The van der Waals surface area contributed by atoms with Gasteiger partial charge >= 0.3 is 0 Å². The van der Waals surface area contributed by atoms with Crippen LogP contribution in [0, 0.1) is 5.21 Å². The molecule has 1 rings (SSSR count). The smallest absolute Gasteiger partial charge is 0.102 e. The molecule has 0 unspecified atom stereocenters. The summed E-state index contributed by atoms with van der Waals surface area (Å²) in [6.45, 7) is 8.16. The monoisotopic (exact) mass is 347 g/mol. The Bertz CT molecular complexity index is 262. The van der Waals surface area contributed by atoms with Crippen LogP contribution in [0.1, 0.15) is 45.4 Å². The van der Waals surface area contributed by atoms with E-state index < -0.39 is 0 Å². The summed E-state index contributed by atoms with van der Waals surface area (Å²) in [4.78, 5) is 0. The number of hydrogen-bond donors (Lipinski definition) is 0. The maximum absolute atomic E-state index is 13.0. The molecule has 24 heavy (non-hydrogen) atoms. The lowest BCUT2D eigenvalue weighted by Crippen LogP contribution is -2.47. The third-order valence-electron chi connectivity index (χ3n) is 4.32. The fourth-order valence-corrected chi connectivity index (χ4v) is 2.74. The van der Waals surface area contributed by atoms with Gasteiger partial charge in [0.25, 0.3) is 0 Å². The van der Waals surface area contributed by atoms with Crippen molar-refractivity contribution >= 4 is 0 Å². The lowest BCUT2D eigenvalue weighted by atomic mass is 10.1. The Morgan fingerprint density at radius 2 is 1.04 bits per heavy atom. The SMILES string of the molecule is CCCCCCCC[N+]1([O-])CCOCCOCCOCCOCC1. The van der Waals surface area contributed by atoms with Crippen LogP contribution in [0.4, 0.5) is 0 Å². The van der Waals surface area contributed by atoms with E-state index >= 15 is 0 Å². The highest BCUT2D eigenvalue weighted by atomic mass is 16.6. The molecule has 1 fully saturated rings. The Hall–Kier alpha value is -0.240. The second-order valence-corrected chi connectivity index (χ2v) is 6.45. The quantitative estimate of drug-likeness (QED) is 0.403. The van der Waals surface area contributed by atoms with E-state index in [1.807, 2.05) is 0 Å². The van der Waals surface area contributed by atoms with Crippen LogP contribution in [-0.2, 0) is 18.9 Å². The van der Waals surface area contributed by atoms with Crippen molar-refractivity contribution in [3.05, 3.63) is 5.21 Å². The number of quaternary nitrogens is 1. The first kappa shape index (κ1) is 21.8. The average Bonchev–Trinajstić information content (AvgIpc) is 2.58. The molecule has 0 aromatic heterocycles. The molecule has 0 spiro atoms. The number of hydroxylamine groups is 3. The highest BCUT2D eigenvalue weighted by molar-refractivity contribution is 4.50. The van der Waals surface area contributed by atoms with Crippen LogP contribution in [0.25, 0.3) is 0 Å². The zero-order valence-corrected chi connectivity index (χ0v) is 15.5. The molecule has 144 valence electrons. The van der Waals surface area contributed by atoms with E-state index in [9.17, 15) is 5.21 Å². The van der Waals surface area contributed by atoms with Gasteiger partial charge in [-0.1, -0.05) is 32.6 Å². The molecule has 0 amide bonds. The molecule has 6 nitrogen and oxygen atoms in total. The van der Waals surface area contributed by atoms with Crippen molar-refractivity contribution in [1.82, 2.24) is 0 Å². The van der Waals surface area contributed by atoms with Gasteiger partial charge in [-0.2, -0.15) is 0 Å². The summed E-state index contributed by atoms with van der Waals surface area (Å²) in [6.07, 6.45) is 7.19. The van der Waals surface area contributed by atoms with Crippen molar-refractivity contribution in [2.24, 2.45) is 0 Å². The molecule has 1 aliphatic rings. The molecule has 0 atom stereocenters. The Morgan fingerprint density at radius 1 is 0.625 bits per heavy atom. The second-order valence-electron chi connectivity index (χ2n) is 6.45. The standard InChI is InChI=1S/C18H37NO5/c1-2-3-4-5-6-7-8-19(20)9-11-21-13-15-23-17-18-24-16-14-22-12-10-19/h2-18H2,1H3. The van der Waals surface area contributed by atoms with Gasteiger partial charge in [0.05, 0.1) is 59.4 Å². The molecule has 6 heteroatoms. The number of unbranched alkanes of at least 4 members (excludes halogenated alkanes) is 5. The van der Waals surface area contributed by atoms with Gasteiger partial charge in [-0.15, -0.1) is 0 Å². The summed E-state index contributed by atoms with van der Waals surface area (Å²) in [6, 6.07) is 0. The maximum atomic E-state index is 13.0. The second kappa shape index (κ2) is 15.0. The number of hydrogen-bond acceptors (Lipinski definition) is 5. The summed E-state index contributed by atoms with van der Waals surface area (Å²) >= 11 is 0. The third-order valence-corrected chi connectivity index (χ3v) is 4.32. The van der Waals surface area contributed by atoms with Gasteiger partial charge in [-0.3, -0.25) is 0 Å². The first-order valence-corrected chi connectivity index (χ1v) is 9.65. The highest BCUT2D eigenvalue weighted by Crippen LogP contribution is 2.11. The maximum Gasteiger partial charge on any atom is 0.102 e. The van der Waals surface area contributed by atoms with Crippen LogP contribution >= 0.6 is 0 Å². The summed E-state index contributed by atoms with van der Waals surface area (Å²) in [5, 5.41) is 13.0. The van der Waals surface area contributed by atoms with E-state index in [2.05, 4.69) is 6.92 Å². The molecular weight excluding hydrogens is 310 g/mol. The van der Waals surface area contributed by atoms with E-state index in [0.717, 1.165) is 12.8 Å². The van der Waals surface area contributed by atoms with Crippen LogP contribution < -0.4 is 0 Å². The van der Waals surface area contributed by atoms with Crippen LogP contribution in [0.15, 0.2) is 0 Å². The summed E-state index contributed by atoms with van der Waals surface area (Å²) in [5.41, 5.74) is 0. The van der Waals surface area contributed by atoms with Gasteiger partial charge in [0.2, 0.25) is 0 Å². The van der Waals surface area contributed by atoms with E-state index in [4.69, 9.17) is 18.9 Å². The van der Waals surface area contributed by atoms with Crippen molar-refractivity contribution in [3.8, 4) is 0 Å². The molecule has 1 saturated heterocycles. The fourth-order valence-electron chi connectivity index (χ4n) is 2.74. The van der Waals surface area contributed by atoms with Crippen LogP contribution in [0.5, 0.6) is 0 Å². The highest BCUT2D eigenvalue weighted by Gasteiger charge is 2.16. The molecule has 0 radical (unpaired) electrons. The topological polar surface area (TPSA) is 60.0 Å². The minimum atomic E-state index is -0.213. The van der Waals surface area contributed by atoms with Crippen molar-refractivity contribution in [1.29, 1.82) is 0 Å². The summed E-state index contributed by atoms with van der Waals surface area (Å²) in [7, 11) is 0. The molecule has 0 aromatic carbocycles. The zero-order valence-electron chi connectivity index (χ0n) is 15.5. The van der Waals surface area contributed by atoms with Crippen molar-refractivity contribution in [2.75, 3.05) is 72.5 Å². The Balaban J connectivity index is 2.29. The summed E-state index contributed by atoms with van der Waals surface area (Å²) in [5.74, 6) is 0. The molecule has 0 aliphatic carbocycles. The molecule has 0 saturated carbocycles. The van der Waals surface area contributed by atoms with Gasteiger partial charge < -0.3 is 28.8 Å². The van der Waals surface area contributed by atoms with Crippen molar-refractivity contribution < 1.29 is 23.6 Å². The van der Waals surface area contributed by atoms with E-state index in [-0.39, 0.29) is 4.65 Å². The number of ether oxygens (including phenoxy) is 4. The Kier molecular flexibility index (Phi) is 13.7. The molecule has 1 aliphatic heterocycles. The largest absolute Gasteiger partial charge is 0.633 e. The normalized spacial score (nSPS) is 21.8. The minimum absolute atomic E-state index is 0.213. The van der Waals surface area contributed by atoms with Gasteiger partial charge in [-0.25, -0.2) is 0 Å². The lowest BCUT2D eigenvalue weighted by molar-refractivity contribution is -0.881. The molecule has 0 N–H and O–H groups in total. The average molecular weight is 347 g/mol. The van der Waals surface area contributed by atoms with Gasteiger partial charge in [-0.05, 0) is 12.8 Å². The van der Waals surface area contributed by atoms with Gasteiger partial charge in [0.1, 0.15) is 13.1 Å². The van der Waals surface area contributed by atoms with E-state index in [1.165, 1.54) is 25.7 Å². The first-order chi connectivity index (χ1) is 11.8. The summed E-state index contributed by atoms with van der Waals surface area (Å²) < 4.78 is 21.7. The molecule has 0 aromatic rings. The van der Waals surface area contributed by atoms with Crippen LogP contribution in [-0.4, -0.2) is 77.1 Å². The number of nitrogens with zero attached hydrogens (tertiary/aromatic N) is 1. The van der Waals surface area contributed by atoms with Gasteiger partial charge in [0, 0.05) is 0 Å².